The Labute approximate surface area is 125 Å². The number of aromatic nitrogens is 2. The number of carbonyl (C=O) groups excluding carboxylic acids is 1. The molecule has 1 atom stereocenters. The number of hydrogen-bond donors (Lipinski definition) is 2. The van der Waals surface area contributed by atoms with E-state index in [0.29, 0.717) is 11.8 Å². The van der Waals surface area contributed by atoms with Gasteiger partial charge in [-0.25, -0.2) is 0 Å². The smallest absolute Gasteiger partial charge is 0.229 e. The molecule has 1 aliphatic heterocycles. The van der Waals surface area contributed by atoms with E-state index in [9.17, 15) is 4.79 Å². The molecular formula is C14H24N6O. The van der Waals surface area contributed by atoms with Gasteiger partial charge in [0.15, 0.2) is 0 Å². The molecular weight excluding hydrogens is 268 g/mol. The van der Waals surface area contributed by atoms with Crippen molar-refractivity contribution in [2.75, 3.05) is 41.7 Å². The number of nitrogen functional groups attached to an aromatic ring is 1. The molecule has 1 saturated heterocycles. The van der Waals surface area contributed by atoms with Gasteiger partial charge in [0.25, 0.3) is 0 Å². The van der Waals surface area contributed by atoms with Crippen molar-refractivity contribution < 1.29 is 4.79 Å². The summed E-state index contributed by atoms with van der Waals surface area (Å²) >= 11 is 0. The summed E-state index contributed by atoms with van der Waals surface area (Å²) in [4.78, 5) is 24.3. The molecule has 3 N–H and O–H groups in total. The maximum Gasteiger partial charge on any atom is 0.229 e. The van der Waals surface area contributed by atoms with Gasteiger partial charge in [-0.05, 0) is 20.3 Å². The Morgan fingerprint density at radius 3 is 2.81 bits per heavy atom. The number of anilines is 3. The molecule has 0 unspecified atom stereocenters. The molecule has 2 heterocycles. The number of rotatable bonds is 5. The van der Waals surface area contributed by atoms with Crippen molar-refractivity contribution in [1.29, 1.82) is 0 Å². The second-order valence-electron chi connectivity index (χ2n) is 5.26. The maximum atomic E-state index is 11.1. The lowest BCUT2D eigenvalue weighted by Crippen LogP contribution is -2.35. The molecule has 0 aromatic carbocycles. The highest BCUT2D eigenvalue weighted by atomic mass is 16.1. The zero-order chi connectivity index (χ0) is 15.4. The fourth-order valence-corrected chi connectivity index (χ4v) is 2.62. The van der Waals surface area contributed by atoms with Crippen LogP contribution in [0.4, 0.5) is 17.6 Å². The average molecular weight is 292 g/mol. The minimum atomic E-state index is 0.00730. The third-order valence-electron chi connectivity index (χ3n) is 3.69. The van der Waals surface area contributed by atoms with Gasteiger partial charge < -0.3 is 20.9 Å². The highest BCUT2D eigenvalue weighted by molar-refractivity contribution is 5.73. The van der Waals surface area contributed by atoms with Gasteiger partial charge in [-0.3, -0.25) is 4.79 Å². The topological polar surface area (TPSA) is 87.4 Å². The van der Waals surface area contributed by atoms with Crippen LogP contribution < -0.4 is 20.9 Å². The van der Waals surface area contributed by atoms with Crippen LogP contribution in [0.15, 0.2) is 6.07 Å². The van der Waals surface area contributed by atoms with Gasteiger partial charge in [-0.15, -0.1) is 0 Å². The van der Waals surface area contributed by atoms with E-state index in [1.54, 1.807) is 13.0 Å². The summed E-state index contributed by atoms with van der Waals surface area (Å²) in [6, 6.07) is 1.97. The summed E-state index contributed by atoms with van der Waals surface area (Å²) in [6.07, 6.45) is 0.921. The predicted molar refractivity (Wildman–Crippen MR) is 84.4 cm³/mol. The zero-order valence-electron chi connectivity index (χ0n) is 13.0. The zero-order valence-corrected chi connectivity index (χ0v) is 13.0. The van der Waals surface area contributed by atoms with Gasteiger partial charge in [-0.1, -0.05) is 0 Å². The second-order valence-corrected chi connectivity index (χ2v) is 5.26. The van der Waals surface area contributed by atoms with Crippen LogP contribution in [0.2, 0.25) is 0 Å². The summed E-state index contributed by atoms with van der Waals surface area (Å²) in [7, 11) is 0. The van der Waals surface area contributed by atoms with Gasteiger partial charge in [0.05, 0.1) is 0 Å². The van der Waals surface area contributed by atoms with E-state index in [4.69, 9.17) is 5.73 Å². The first-order chi connectivity index (χ1) is 10.0. The lowest BCUT2D eigenvalue weighted by Gasteiger charge is -2.23. The van der Waals surface area contributed by atoms with Crippen LogP contribution >= 0.6 is 0 Å². The van der Waals surface area contributed by atoms with Crippen LogP contribution in [0, 0.1) is 0 Å². The molecule has 1 aliphatic rings. The van der Waals surface area contributed by atoms with E-state index < -0.39 is 0 Å². The Bertz CT molecular complexity index is 502. The first kappa shape index (κ1) is 15.3. The molecule has 21 heavy (non-hydrogen) atoms. The molecule has 0 bridgehead atoms. The third kappa shape index (κ3) is 3.74. The molecule has 0 radical (unpaired) electrons. The number of nitrogens with one attached hydrogen (secondary N) is 1. The minimum Gasteiger partial charge on any atom is -0.383 e. The van der Waals surface area contributed by atoms with Crippen LogP contribution in [0.1, 0.15) is 27.2 Å². The lowest BCUT2D eigenvalue weighted by molar-refractivity contribution is -0.119. The number of hydrogen-bond acceptors (Lipinski definition) is 6. The monoisotopic (exact) mass is 292 g/mol. The quantitative estimate of drug-likeness (QED) is 0.827. The SMILES string of the molecule is CCN(CC)c1nc(N)cc(N2CC[C@@H](NC(C)=O)C2)n1. The van der Waals surface area contributed by atoms with Crippen molar-refractivity contribution in [2.24, 2.45) is 0 Å². The van der Waals surface area contributed by atoms with Crippen molar-refractivity contribution in [2.45, 2.75) is 33.2 Å². The van der Waals surface area contributed by atoms with Gasteiger partial charge in [0.1, 0.15) is 11.6 Å². The van der Waals surface area contributed by atoms with Crippen LogP contribution in [0.3, 0.4) is 0 Å². The maximum absolute atomic E-state index is 11.1. The fraction of sp³-hybridized carbons (Fsp3) is 0.643. The van der Waals surface area contributed by atoms with E-state index in [1.807, 2.05) is 0 Å². The van der Waals surface area contributed by atoms with E-state index in [2.05, 4.69) is 38.9 Å². The Morgan fingerprint density at radius 1 is 1.48 bits per heavy atom. The molecule has 0 spiro atoms. The van der Waals surface area contributed by atoms with E-state index in [-0.39, 0.29) is 11.9 Å². The first-order valence-electron chi connectivity index (χ1n) is 7.45. The summed E-state index contributed by atoms with van der Waals surface area (Å²) in [5, 5.41) is 2.95. The number of nitrogens with zero attached hydrogens (tertiary/aromatic N) is 4. The molecule has 1 aromatic rings. The summed E-state index contributed by atoms with van der Waals surface area (Å²) in [5.41, 5.74) is 5.92. The number of amides is 1. The minimum absolute atomic E-state index is 0.00730. The van der Waals surface area contributed by atoms with E-state index >= 15 is 0 Å². The molecule has 7 nitrogen and oxygen atoms in total. The third-order valence-corrected chi connectivity index (χ3v) is 3.69. The molecule has 7 heteroatoms. The Balaban J connectivity index is 2.15. The fourth-order valence-electron chi connectivity index (χ4n) is 2.62. The number of carbonyl (C=O) groups is 1. The van der Waals surface area contributed by atoms with Crippen molar-refractivity contribution in [1.82, 2.24) is 15.3 Å². The van der Waals surface area contributed by atoms with Gasteiger partial charge >= 0.3 is 0 Å². The van der Waals surface area contributed by atoms with Crippen molar-refractivity contribution in [3.8, 4) is 0 Å². The highest BCUT2D eigenvalue weighted by Crippen LogP contribution is 2.22. The van der Waals surface area contributed by atoms with Crippen LogP contribution in [-0.2, 0) is 4.79 Å². The van der Waals surface area contributed by atoms with Crippen LogP contribution in [0.5, 0.6) is 0 Å². The normalized spacial score (nSPS) is 17.9. The molecule has 1 fully saturated rings. The van der Waals surface area contributed by atoms with Gasteiger partial charge in [0.2, 0.25) is 11.9 Å². The summed E-state index contributed by atoms with van der Waals surface area (Å²) < 4.78 is 0. The van der Waals surface area contributed by atoms with E-state index in [1.165, 1.54) is 0 Å². The predicted octanol–water partition coefficient (Wildman–Crippen LogP) is 0.620. The Morgan fingerprint density at radius 2 is 2.19 bits per heavy atom. The second kappa shape index (κ2) is 6.60. The lowest BCUT2D eigenvalue weighted by atomic mass is 10.3. The van der Waals surface area contributed by atoms with Gasteiger partial charge in [0, 0.05) is 45.2 Å². The molecule has 0 aliphatic carbocycles. The molecule has 1 aromatic heterocycles. The highest BCUT2D eigenvalue weighted by Gasteiger charge is 2.25. The van der Waals surface area contributed by atoms with E-state index in [0.717, 1.165) is 38.4 Å². The van der Waals surface area contributed by atoms with Crippen molar-refractivity contribution in [3.63, 3.8) is 0 Å². The molecule has 1 amide bonds. The Kier molecular flexibility index (Phi) is 4.82. The largest absolute Gasteiger partial charge is 0.383 e. The van der Waals surface area contributed by atoms with Gasteiger partial charge in [-0.2, -0.15) is 9.97 Å². The van der Waals surface area contributed by atoms with Crippen molar-refractivity contribution >= 4 is 23.5 Å². The summed E-state index contributed by atoms with van der Waals surface area (Å²) in [6.45, 7) is 8.98. The van der Waals surface area contributed by atoms with Crippen LogP contribution in [0.25, 0.3) is 0 Å². The number of nitrogens with two attached hydrogens (primary N) is 1. The standard InChI is InChI=1S/C14H24N6O/c1-4-19(5-2)14-17-12(15)8-13(18-14)20-7-6-11(9-20)16-10(3)21/h8,11H,4-7,9H2,1-3H3,(H,16,21)(H2,15,17,18)/t11-/m1/s1. The molecule has 116 valence electrons. The summed E-state index contributed by atoms with van der Waals surface area (Å²) in [5.74, 6) is 1.98. The van der Waals surface area contributed by atoms with Crippen molar-refractivity contribution in [3.05, 3.63) is 6.07 Å². The first-order valence-corrected chi connectivity index (χ1v) is 7.45. The van der Waals surface area contributed by atoms with Crippen LogP contribution in [-0.4, -0.2) is 48.1 Å². The molecule has 0 saturated carbocycles. The Hall–Kier alpha value is -2.05. The average Bonchev–Trinajstić information content (AvgIpc) is 2.87. The molecule has 2 rings (SSSR count).